The standard InChI is InChI=1S/C25H36FN5O3/c1-6-30-11-12-31(16(3)14-30)21-15(2)13-18-20(19(21)26)29-23(28-18)22(32)25(4)9-7-17(8-10-25)27-24(33)34-5/h13,16-17H,6-12,14H2,1-5H3,(H,27,33)(H,28,29)/t16-,17?,25?/m0/s1. The number of benzene rings is 1. The van der Waals surface area contributed by atoms with Crippen LogP contribution in [0.5, 0.6) is 0 Å². The van der Waals surface area contributed by atoms with Crippen LogP contribution in [0.15, 0.2) is 6.07 Å². The van der Waals surface area contributed by atoms with E-state index in [9.17, 15) is 9.59 Å². The number of aryl methyl sites for hydroxylation is 1. The number of methoxy groups -OCH3 is 1. The Morgan fingerprint density at radius 2 is 2.03 bits per heavy atom. The molecule has 0 spiro atoms. The highest BCUT2D eigenvalue weighted by Gasteiger charge is 2.40. The van der Waals surface area contributed by atoms with Gasteiger partial charge in [-0.3, -0.25) is 9.69 Å². The quantitative estimate of drug-likeness (QED) is 0.638. The molecule has 1 aromatic heterocycles. The van der Waals surface area contributed by atoms with E-state index in [-0.39, 0.29) is 29.5 Å². The maximum atomic E-state index is 15.8. The molecular weight excluding hydrogens is 437 g/mol. The number of fused-ring (bicyclic) bond motifs is 1. The molecule has 1 saturated heterocycles. The molecule has 2 aromatic rings. The molecule has 8 nitrogen and oxygen atoms in total. The second-order valence-electron chi connectivity index (χ2n) is 10.1. The van der Waals surface area contributed by atoms with E-state index < -0.39 is 11.5 Å². The van der Waals surface area contributed by atoms with Crippen LogP contribution in [0.3, 0.4) is 0 Å². The van der Waals surface area contributed by atoms with E-state index in [0.29, 0.717) is 42.4 Å². The van der Waals surface area contributed by atoms with Crippen LogP contribution in [-0.4, -0.2) is 72.1 Å². The topological polar surface area (TPSA) is 90.6 Å². The highest BCUT2D eigenvalue weighted by atomic mass is 19.1. The number of nitrogens with one attached hydrogen (secondary N) is 2. The fourth-order valence-corrected chi connectivity index (χ4v) is 5.47. The number of amides is 1. The number of ether oxygens (including phenoxy) is 1. The number of nitrogens with zero attached hydrogens (tertiary/aromatic N) is 3. The third-order valence-corrected chi connectivity index (χ3v) is 7.69. The molecule has 2 aliphatic rings. The predicted molar refractivity (Wildman–Crippen MR) is 130 cm³/mol. The summed E-state index contributed by atoms with van der Waals surface area (Å²) < 4.78 is 20.5. The highest BCUT2D eigenvalue weighted by Crippen LogP contribution is 2.39. The van der Waals surface area contributed by atoms with Gasteiger partial charge in [0.1, 0.15) is 5.52 Å². The molecule has 1 aromatic carbocycles. The molecule has 1 aliphatic carbocycles. The maximum absolute atomic E-state index is 15.8. The molecular formula is C25H36FN5O3. The monoisotopic (exact) mass is 473 g/mol. The third-order valence-electron chi connectivity index (χ3n) is 7.69. The number of aromatic nitrogens is 2. The van der Waals surface area contributed by atoms with E-state index >= 15 is 4.39 Å². The number of imidazole rings is 1. The first-order chi connectivity index (χ1) is 16.2. The van der Waals surface area contributed by atoms with Gasteiger partial charge in [0, 0.05) is 37.1 Å². The van der Waals surface area contributed by atoms with Gasteiger partial charge in [-0.15, -0.1) is 0 Å². The fraction of sp³-hybridized carbons (Fsp3) is 0.640. The first-order valence-corrected chi connectivity index (χ1v) is 12.2. The number of piperazine rings is 1. The molecule has 0 bridgehead atoms. The second kappa shape index (κ2) is 9.52. The van der Waals surface area contributed by atoms with Gasteiger partial charge >= 0.3 is 6.09 Å². The molecule has 34 heavy (non-hydrogen) atoms. The number of hydrogen-bond acceptors (Lipinski definition) is 6. The Labute approximate surface area is 200 Å². The molecule has 2 N–H and O–H groups in total. The molecule has 2 fully saturated rings. The van der Waals surface area contributed by atoms with Crippen LogP contribution in [-0.2, 0) is 4.74 Å². The minimum absolute atomic E-state index is 0.0122. The summed E-state index contributed by atoms with van der Waals surface area (Å²) in [6.45, 7) is 11.6. The second-order valence-corrected chi connectivity index (χ2v) is 10.1. The Hall–Kier alpha value is -2.68. The number of Topliss-reactive ketones (excluding diaryl/α,β-unsaturated/α-hetero) is 1. The predicted octanol–water partition coefficient (Wildman–Crippen LogP) is 4.03. The van der Waals surface area contributed by atoms with E-state index in [0.717, 1.165) is 31.7 Å². The summed E-state index contributed by atoms with van der Waals surface area (Å²) in [7, 11) is 1.34. The molecule has 2 heterocycles. The normalized spacial score (nSPS) is 26.0. The Morgan fingerprint density at radius 3 is 2.65 bits per heavy atom. The SMILES string of the molecule is CCN1CCN(c2c(C)cc3nc(C(=O)C4(C)CCC(NC(=O)OC)CC4)[nH]c3c2F)[C@@H](C)C1. The third kappa shape index (κ3) is 4.50. The minimum Gasteiger partial charge on any atom is -0.453 e. The van der Waals surface area contributed by atoms with Crippen molar-refractivity contribution in [2.24, 2.45) is 5.41 Å². The maximum Gasteiger partial charge on any atom is 0.407 e. The lowest BCUT2D eigenvalue weighted by molar-refractivity contribution is 0.0715. The number of hydrogen-bond donors (Lipinski definition) is 2. The van der Waals surface area contributed by atoms with Gasteiger partial charge in [0.05, 0.1) is 18.3 Å². The Morgan fingerprint density at radius 1 is 1.32 bits per heavy atom. The van der Waals surface area contributed by atoms with Crippen molar-refractivity contribution in [3.8, 4) is 0 Å². The van der Waals surface area contributed by atoms with E-state index in [2.05, 4.69) is 43.7 Å². The van der Waals surface area contributed by atoms with Crippen molar-refractivity contribution in [3.63, 3.8) is 0 Å². The Kier molecular flexibility index (Phi) is 6.85. The Bertz CT molecular complexity index is 1080. The van der Waals surface area contributed by atoms with Crippen molar-refractivity contribution in [3.05, 3.63) is 23.3 Å². The lowest BCUT2D eigenvalue weighted by Gasteiger charge is -2.41. The van der Waals surface area contributed by atoms with E-state index in [1.54, 1.807) is 0 Å². The average Bonchev–Trinajstić information content (AvgIpc) is 3.25. The number of likely N-dealkylation sites (N-methyl/N-ethyl adjacent to an activating group) is 1. The van der Waals surface area contributed by atoms with Gasteiger partial charge in [-0.05, 0) is 57.7 Å². The summed E-state index contributed by atoms with van der Waals surface area (Å²) in [4.78, 5) is 37.0. The summed E-state index contributed by atoms with van der Waals surface area (Å²) >= 11 is 0. The molecule has 1 saturated carbocycles. The average molecular weight is 474 g/mol. The van der Waals surface area contributed by atoms with Crippen molar-refractivity contribution < 1.29 is 18.7 Å². The summed E-state index contributed by atoms with van der Waals surface area (Å²) in [6.07, 6.45) is 2.13. The summed E-state index contributed by atoms with van der Waals surface area (Å²) in [5, 5.41) is 2.81. The molecule has 0 unspecified atom stereocenters. The first-order valence-electron chi connectivity index (χ1n) is 12.2. The zero-order valence-corrected chi connectivity index (χ0v) is 20.8. The van der Waals surface area contributed by atoms with Crippen LogP contribution >= 0.6 is 0 Å². The number of rotatable bonds is 5. The largest absolute Gasteiger partial charge is 0.453 e. The number of halogens is 1. The molecule has 4 rings (SSSR count). The minimum atomic E-state index is -0.610. The summed E-state index contributed by atoms with van der Waals surface area (Å²) in [5.74, 6) is -0.241. The van der Waals surface area contributed by atoms with Crippen molar-refractivity contribution >= 4 is 28.6 Å². The van der Waals surface area contributed by atoms with Crippen molar-refractivity contribution in [2.45, 2.75) is 65.5 Å². The van der Waals surface area contributed by atoms with Gasteiger partial charge in [-0.2, -0.15) is 0 Å². The van der Waals surface area contributed by atoms with Gasteiger partial charge in [0.2, 0.25) is 5.78 Å². The van der Waals surface area contributed by atoms with Crippen molar-refractivity contribution in [2.75, 3.05) is 38.2 Å². The van der Waals surface area contributed by atoms with Crippen molar-refractivity contribution in [1.82, 2.24) is 20.2 Å². The number of carbonyl (C=O) groups is 2. The summed E-state index contributed by atoms with van der Waals surface area (Å²) in [5.41, 5.74) is 1.58. The number of aromatic amines is 1. The van der Waals surface area contributed by atoms with Crippen LogP contribution in [0.1, 0.15) is 62.6 Å². The van der Waals surface area contributed by atoms with E-state index in [1.807, 2.05) is 19.9 Å². The van der Waals surface area contributed by atoms with E-state index in [4.69, 9.17) is 0 Å². The number of alkyl carbamates (subject to hydrolysis) is 1. The molecule has 0 radical (unpaired) electrons. The lowest BCUT2D eigenvalue weighted by atomic mass is 9.71. The number of H-pyrrole nitrogens is 1. The van der Waals surface area contributed by atoms with Gasteiger partial charge < -0.3 is 19.9 Å². The van der Waals surface area contributed by atoms with Crippen LogP contribution < -0.4 is 10.2 Å². The molecule has 1 amide bonds. The van der Waals surface area contributed by atoms with Crippen LogP contribution in [0.2, 0.25) is 0 Å². The number of ketones is 1. The van der Waals surface area contributed by atoms with Crippen LogP contribution in [0.4, 0.5) is 14.9 Å². The van der Waals surface area contributed by atoms with Gasteiger partial charge in [-0.25, -0.2) is 14.2 Å². The smallest absolute Gasteiger partial charge is 0.407 e. The van der Waals surface area contributed by atoms with Gasteiger partial charge in [-0.1, -0.05) is 13.8 Å². The molecule has 186 valence electrons. The van der Waals surface area contributed by atoms with Gasteiger partial charge in [0.15, 0.2) is 11.6 Å². The fourth-order valence-electron chi connectivity index (χ4n) is 5.47. The highest BCUT2D eigenvalue weighted by molar-refractivity contribution is 6.00. The zero-order valence-electron chi connectivity index (χ0n) is 20.8. The van der Waals surface area contributed by atoms with Crippen LogP contribution in [0, 0.1) is 18.2 Å². The van der Waals surface area contributed by atoms with Crippen LogP contribution in [0.25, 0.3) is 11.0 Å². The van der Waals surface area contributed by atoms with Gasteiger partial charge in [0.25, 0.3) is 0 Å². The first kappa shape index (κ1) is 24.4. The number of anilines is 1. The Balaban J connectivity index is 1.56. The number of carbonyl (C=O) groups excluding carboxylic acids is 2. The summed E-state index contributed by atoms with van der Waals surface area (Å²) in [6, 6.07) is 2.05. The zero-order chi connectivity index (χ0) is 24.6. The molecule has 9 heteroatoms. The van der Waals surface area contributed by atoms with E-state index in [1.165, 1.54) is 7.11 Å². The lowest BCUT2D eigenvalue weighted by Crippen LogP contribution is -2.52. The molecule has 1 atom stereocenters. The molecule has 1 aliphatic heterocycles. The van der Waals surface area contributed by atoms with Crippen molar-refractivity contribution in [1.29, 1.82) is 0 Å².